The largest absolute Gasteiger partial charge is 0.322 e. The van der Waals surface area contributed by atoms with Gasteiger partial charge in [-0.1, -0.05) is 19.1 Å². The molecule has 3 aromatic rings. The highest BCUT2D eigenvalue weighted by Gasteiger charge is 2.10. The van der Waals surface area contributed by atoms with E-state index >= 15 is 0 Å². The minimum atomic E-state index is -0.178. The average Bonchev–Trinajstić information content (AvgIpc) is 3.17. The van der Waals surface area contributed by atoms with Crippen molar-refractivity contribution in [2.24, 2.45) is 7.05 Å². The van der Waals surface area contributed by atoms with Crippen LogP contribution in [-0.2, 0) is 13.6 Å². The van der Waals surface area contributed by atoms with Crippen molar-refractivity contribution in [3.8, 4) is 11.4 Å². The lowest BCUT2D eigenvalue weighted by Crippen LogP contribution is -2.11. The maximum Gasteiger partial charge on any atom is 0.258 e. The van der Waals surface area contributed by atoms with Gasteiger partial charge in [0.15, 0.2) is 5.82 Å². The van der Waals surface area contributed by atoms with E-state index in [0.717, 1.165) is 24.4 Å². The van der Waals surface area contributed by atoms with Crippen molar-refractivity contribution in [1.29, 1.82) is 0 Å². The molecule has 2 heterocycles. The number of amides is 1. The van der Waals surface area contributed by atoms with Crippen LogP contribution in [0, 0.1) is 0 Å². The summed E-state index contributed by atoms with van der Waals surface area (Å²) in [6.45, 7) is 2.87. The summed E-state index contributed by atoms with van der Waals surface area (Å²) in [5.74, 6) is 0.569. The first-order valence-corrected chi connectivity index (χ1v) is 7.45. The summed E-state index contributed by atoms with van der Waals surface area (Å²) in [6.07, 6.45) is 5.95. The van der Waals surface area contributed by atoms with Crippen molar-refractivity contribution >= 4 is 11.6 Å². The molecule has 2 aromatic heterocycles. The smallest absolute Gasteiger partial charge is 0.258 e. The molecule has 0 radical (unpaired) electrons. The lowest BCUT2D eigenvalue weighted by atomic mass is 10.2. The third kappa shape index (κ3) is 3.28. The molecular weight excluding hydrogens is 292 g/mol. The third-order valence-corrected chi connectivity index (χ3v) is 3.44. The summed E-state index contributed by atoms with van der Waals surface area (Å²) in [5.41, 5.74) is 2.14. The molecule has 0 unspecified atom stereocenters. The highest BCUT2D eigenvalue weighted by atomic mass is 16.1. The van der Waals surface area contributed by atoms with Crippen LogP contribution in [0.1, 0.15) is 23.7 Å². The highest BCUT2D eigenvalue weighted by molar-refractivity contribution is 6.04. The lowest BCUT2D eigenvalue weighted by molar-refractivity contribution is 0.102. The van der Waals surface area contributed by atoms with Gasteiger partial charge in [-0.3, -0.25) is 9.48 Å². The van der Waals surface area contributed by atoms with Gasteiger partial charge in [-0.15, -0.1) is 10.2 Å². The Kier molecular flexibility index (Phi) is 4.18. The fourth-order valence-corrected chi connectivity index (χ4v) is 2.32. The summed E-state index contributed by atoms with van der Waals surface area (Å²) in [4.78, 5) is 12.3. The van der Waals surface area contributed by atoms with Crippen LogP contribution in [0.5, 0.6) is 0 Å². The molecule has 1 aromatic carbocycles. The zero-order valence-corrected chi connectivity index (χ0v) is 13.1. The standard InChI is InChI=1S/C16H18N6O/c1-3-7-22-10-13(9-18-22)16(23)19-14-6-4-5-12(8-14)15-20-17-11-21(15)2/h4-6,8-11H,3,7H2,1-2H3,(H,19,23). The number of benzene rings is 1. The van der Waals surface area contributed by atoms with Crippen molar-refractivity contribution in [3.63, 3.8) is 0 Å². The van der Waals surface area contributed by atoms with Gasteiger partial charge in [0.25, 0.3) is 5.91 Å². The van der Waals surface area contributed by atoms with E-state index in [1.807, 2.05) is 35.9 Å². The molecular formula is C16H18N6O. The van der Waals surface area contributed by atoms with Crippen molar-refractivity contribution in [2.45, 2.75) is 19.9 Å². The summed E-state index contributed by atoms with van der Waals surface area (Å²) >= 11 is 0. The average molecular weight is 310 g/mol. The second-order valence-electron chi connectivity index (χ2n) is 5.29. The first-order valence-electron chi connectivity index (χ1n) is 7.45. The van der Waals surface area contributed by atoms with Gasteiger partial charge in [-0.05, 0) is 18.6 Å². The van der Waals surface area contributed by atoms with E-state index in [2.05, 4.69) is 27.5 Å². The number of carbonyl (C=O) groups excluding carboxylic acids is 1. The molecule has 0 spiro atoms. The van der Waals surface area contributed by atoms with Gasteiger partial charge >= 0.3 is 0 Å². The molecule has 0 saturated heterocycles. The Morgan fingerprint density at radius 1 is 1.35 bits per heavy atom. The van der Waals surface area contributed by atoms with Crippen molar-refractivity contribution in [2.75, 3.05) is 5.32 Å². The quantitative estimate of drug-likeness (QED) is 0.784. The number of carbonyl (C=O) groups is 1. The van der Waals surface area contributed by atoms with Crippen LogP contribution in [-0.4, -0.2) is 30.5 Å². The predicted octanol–water partition coefficient (Wildman–Crippen LogP) is 2.34. The number of hydrogen-bond acceptors (Lipinski definition) is 4. The van der Waals surface area contributed by atoms with E-state index in [-0.39, 0.29) is 5.91 Å². The topological polar surface area (TPSA) is 77.6 Å². The Morgan fingerprint density at radius 2 is 2.22 bits per heavy atom. The summed E-state index contributed by atoms with van der Waals surface area (Å²) in [7, 11) is 1.88. The van der Waals surface area contributed by atoms with E-state index in [0.29, 0.717) is 11.3 Å². The van der Waals surface area contributed by atoms with Crippen LogP contribution < -0.4 is 5.32 Å². The number of rotatable bonds is 5. The molecule has 118 valence electrons. The van der Waals surface area contributed by atoms with Crippen LogP contribution in [0.4, 0.5) is 5.69 Å². The van der Waals surface area contributed by atoms with Gasteiger partial charge in [-0.2, -0.15) is 5.10 Å². The highest BCUT2D eigenvalue weighted by Crippen LogP contribution is 2.20. The zero-order valence-electron chi connectivity index (χ0n) is 13.1. The molecule has 0 fully saturated rings. The molecule has 0 aliphatic rings. The SMILES string of the molecule is CCCn1cc(C(=O)Nc2cccc(-c3nncn3C)c2)cn1. The lowest BCUT2D eigenvalue weighted by Gasteiger charge is -2.06. The minimum absolute atomic E-state index is 0.178. The van der Waals surface area contributed by atoms with Gasteiger partial charge in [0.1, 0.15) is 6.33 Å². The third-order valence-electron chi connectivity index (χ3n) is 3.44. The molecule has 1 N–H and O–H groups in total. The summed E-state index contributed by atoms with van der Waals surface area (Å²) in [5, 5.41) is 15.0. The van der Waals surface area contributed by atoms with E-state index in [1.54, 1.807) is 23.4 Å². The monoisotopic (exact) mass is 310 g/mol. The van der Waals surface area contributed by atoms with Crippen LogP contribution >= 0.6 is 0 Å². The fraction of sp³-hybridized carbons (Fsp3) is 0.250. The van der Waals surface area contributed by atoms with Crippen molar-refractivity contribution in [1.82, 2.24) is 24.5 Å². The van der Waals surface area contributed by atoms with Gasteiger partial charge in [-0.25, -0.2) is 0 Å². The molecule has 0 atom stereocenters. The first-order chi connectivity index (χ1) is 11.2. The zero-order chi connectivity index (χ0) is 16.2. The number of nitrogens with zero attached hydrogens (tertiary/aromatic N) is 5. The molecule has 3 rings (SSSR count). The van der Waals surface area contributed by atoms with Gasteiger partial charge in [0.2, 0.25) is 0 Å². The van der Waals surface area contributed by atoms with E-state index in [4.69, 9.17) is 0 Å². The van der Waals surface area contributed by atoms with E-state index in [1.165, 1.54) is 0 Å². The summed E-state index contributed by atoms with van der Waals surface area (Å²) < 4.78 is 3.60. The van der Waals surface area contributed by atoms with Crippen LogP contribution in [0.25, 0.3) is 11.4 Å². The fourth-order valence-electron chi connectivity index (χ4n) is 2.32. The van der Waals surface area contributed by atoms with Gasteiger partial charge in [0.05, 0.1) is 11.8 Å². The van der Waals surface area contributed by atoms with Crippen molar-refractivity contribution in [3.05, 3.63) is 48.5 Å². The number of aromatic nitrogens is 5. The maximum absolute atomic E-state index is 12.3. The second kappa shape index (κ2) is 6.43. The second-order valence-corrected chi connectivity index (χ2v) is 5.29. The van der Waals surface area contributed by atoms with Gasteiger partial charge < -0.3 is 9.88 Å². The molecule has 7 heteroatoms. The molecule has 0 saturated carbocycles. The number of hydrogen-bond donors (Lipinski definition) is 1. The van der Waals surface area contributed by atoms with E-state index in [9.17, 15) is 4.79 Å². The number of aryl methyl sites for hydroxylation is 2. The Morgan fingerprint density at radius 3 is 2.96 bits per heavy atom. The molecule has 0 bridgehead atoms. The molecule has 1 amide bonds. The van der Waals surface area contributed by atoms with E-state index < -0.39 is 0 Å². The van der Waals surface area contributed by atoms with Crippen molar-refractivity contribution < 1.29 is 4.79 Å². The summed E-state index contributed by atoms with van der Waals surface area (Å²) in [6, 6.07) is 7.52. The van der Waals surface area contributed by atoms with Crippen LogP contribution in [0.2, 0.25) is 0 Å². The maximum atomic E-state index is 12.3. The Hall–Kier alpha value is -2.96. The van der Waals surface area contributed by atoms with Crippen LogP contribution in [0.15, 0.2) is 43.0 Å². The minimum Gasteiger partial charge on any atom is -0.322 e. The molecule has 7 nitrogen and oxygen atoms in total. The first kappa shape index (κ1) is 15.0. The molecule has 23 heavy (non-hydrogen) atoms. The Bertz CT molecular complexity index is 819. The normalized spacial score (nSPS) is 10.7. The number of nitrogens with one attached hydrogen (secondary N) is 1. The Balaban J connectivity index is 1.77. The van der Waals surface area contributed by atoms with Gasteiger partial charge in [0, 0.05) is 31.0 Å². The predicted molar refractivity (Wildman–Crippen MR) is 86.9 cm³/mol. The van der Waals surface area contributed by atoms with Crippen LogP contribution in [0.3, 0.4) is 0 Å². The Labute approximate surface area is 134 Å². The molecule has 0 aliphatic carbocycles. The molecule has 0 aliphatic heterocycles. The number of anilines is 1.